The Balaban J connectivity index is 2.15. The van der Waals surface area contributed by atoms with Gasteiger partial charge in [0.2, 0.25) is 11.8 Å². The molecule has 0 fully saturated rings. The largest absolute Gasteiger partial charge is 0.423 e. The van der Waals surface area contributed by atoms with Gasteiger partial charge in [-0.25, -0.2) is 0 Å². The first-order chi connectivity index (χ1) is 6.79. The van der Waals surface area contributed by atoms with Gasteiger partial charge in [-0.2, -0.15) is 5.10 Å². The number of nitrogens with zero attached hydrogens (tertiary/aromatic N) is 4. The predicted octanol–water partition coefficient (Wildman–Crippen LogP) is 1.19. The van der Waals surface area contributed by atoms with Gasteiger partial charge in [0.05, 0.1) is 0 Å². The standard InChI is InChI=1S/C9H12N4O/c1-3-8-11-12-9(14-8)6-13-7(2)4-5-10-13/h4-5H,3,6H2,1-2H3. The van der Waals surface area contributed by atoms with Crippen molar-refractivity contribution in [1.29, 1.82) is 0 Å². The SMILES string of the molecule is CCc1nnc(Cn2nccc2C)o1. The second-order valence-corrected chi connectivity index (χ2v) is 3.07. The van der Waals surface area contributed by atoms with Crippen LogP contribution >= 0.6 is 0 Å². The molecule has 2 aromatic heterocycles. The van der Waals surface area contributed by atoms with E-state index in [9.17, 15) is 0 Å². The fraction of sp³-hybridized carbons (Fsp3) is 0.444. The van der Waals surface area contributed by atoms with E-state index in [2.05, 4.69) is 15.3 Å². The van der Waals surface area contributed by atoms with E-state index in [1.807, 2.05) is 24.6 Å². The van der Waals surface area contributed by atoms with Crippen LogP contribution in [0.5, 0.6) is 0 Å². The van der Waals surface area contributed by atoms with Crippen molar-refractivity contribution >= 4 is 0 Å². The Hall–Kier alpha value is -1.65. The maximum Gasteiger partial charge on any atom is 0.237 e. The van der Waals surface area contributed by atoms with Crippen LogP contribution < -0.4 is 0 Å². The molecule has 14 heavy (non-hydrogen) atoms. The highest BCUT2D eigenvalue weighted by Gasteiger charge is 2.06. The molecule has 5 heteroatoms. The van der Waals surface area contributed by atoms with Gasteiger partial charge in [0.15, 0.2) is 0 Å². The van der Waals surface area contributed by atoms with E-state index in [1.54, 1.807) is 6.20 Å². The third kappa shape index (κ3) is 1.66. The van der Waals surface area contributed by atoms with Crippen molar-refractivity contribution in [2.75, 3.05) is 0 Å². The Labute approximate surface area is 81.8 Å². The second-order valence-electron chi connectivity index (χ2n) is 3.07. The van der Waals surface area contributed by atoms with Crippen molar-refractivity contribution in [2.45, 2.75) is 26.8 Å². The highest BCUT2D eigenvalue weighted by atomic mass is 16.4. The van der Waals surface area contributed by atoms with Gasteiger partial charge in [-0.05, 0) is 13.0 Å². The Morgan fingerprint density at radius 2 is 2.14 bits per heavy atom. The average Bonchev–Trinajstić information content (AvgIpc) is 2.77. The first-order valence-electron chi connectivity index (χ1n) is 4.59. The summed E-state index contributed by atoms with van der Waals surface area (Å²) in [5.41, 5.74) is 1.08. The smallest absolute Gasteiger partial charge is 0.237 e. The first kappa shape index (κ1) is 8.93. The summed E-state index contributed by atoms with van der Waals surface area (Å²) in [5.74, 6) is 1.28. The Morgan fingerprint density at radius 3 is 2.71 bits per heavy atom. The fourth-order valence-electron chi connectivity index (χ4n) is 1.19. The molecule has 2 rings (SSSR count). The minimum atomic E-state index is 0.547. The molecule has 0 N–H and O–H groups in total. The van der Waals surface area contributed by atoms with E-state index in [0.29, 0.717) is 18.3 Å². The second kappa shape index (κ2) is 3.61. The van der Waals surface area contributed by atoms with Crippen LogP contribution in [0.2, 0.25) is 0 Å². The van der Waals surface area contributed by atoms with Gasteiger partial charge in [0.1, 0.15) is 6.54 Å². The van der Waals surface area contributed by atoms with Crippen LogP contribution in [0.3, 0.4) is 0 Å². The molecule has 0 spiro atoms. The lowest BCUT2D eigenvalue weighted by Gasteiger charge is -1.98. The maximum absolute atomic E-state index is 5.38. The highest BCUT2D eigenvalue weighted by Crippen LogP contribution is 2.04. The van der Waals surface area contributed by atoms with Crippen LogP contribution in [0.25, 0.3) is 0 Å². The average molecular weight is 192 g/mol. The summed E-state index contributed by atoms with van der Waals surface area (Å²) in [6.07, 6.45) is 2.53. The minimum absolute atomic E-state index is 0.547. The minimum Gasteiger partial charge on any atom is -0.423 e. The van der Waals surface area contributed by atoms with Gasteiger partial charge < -0.3 is 4.42 Å². The summed E-state index contributed by atoms with van der Waals surface area (Å²) in [6, 6.07) is 1.94. The lowest BCUT2D eigenvalue weighted by Crippen LogP contribution is -2.03. The van der Waals surface area contributed by atoms with Crippen LogP contribution in [0, 0.1) is 6.92 Å². The zero-order valence-corrected chi connectivity index (χ0v) is 8.27. The van der Waals surface area contributed by atoms with Crippen molar-refractivity contribution in [1.82, 2.24) is 20.0 Å². The number of aromatic nitrogens is 4. The monoisotopic (exact) mass is 192 g/mol. The summed E-state index contributed by atoms with van der Waals surface area (Å²) in [7, 11) is 0. The van der Waals surface area contributed by atoms with Gasteiger partial charge in [-0.3, -0.25) is 4.68 Å². The van der Waals surface area contributed by atoms with Crippen molar-refractivity contribution in [3.8, 4) is 0 Å². The zero-order valence-electron chi connectivity index (χ0n) is 8.27. The predicted molar refractivity (Wildman–Crippen MR) is 49.7 cm³/mol. The van der Waals surface area contributed by atoms with Gasteiger partial charge in [-0.1, -0.05) is 6.92 Å². The Morgan fingerprint density at radius 1 is 1.36 bits per heavy atom. The molecule has 74 valence electrons. The maximum atomic E-state index is 5.38. The van der Waals surface area contributed by atoms with Gasteiger partial charge >= 0.3 is 0 Å². The number of hydrogen-bond acceptors (Lipinski definition) is 4. The lowest BCUT2D eigenvalue weighted by molar-refractivity contribution is 0.431. The van der Waals surface area contributed by atoms with E-state index < -0.39 is 0 Å². The molecule has 0 aliphatic carbocycles. The number of aryl methyl sites for hydroxylation is 2. The van der Waals surface area contributed by atoms with Crippen LogP contribution in [-0.4, -0.2) is 20.0 Å². The number of rotatable bonds is 3. The van der Waals surface area contributed by atoms with Gasteiger partial charge in [-0.15, -0.1) is 10.2 Å². The normalized spacial score (nSPS) is 10.7. The van der Waals surface area contributed by atoms with E-state index >= 15 is 0 Å². The molecule has 0 aliphatic heterocycles. The van der Waals surface area contributed by atoms with Gasteiger partial charge in [0.25, 0.3) is 0 Å². The lowest BCUT2D eigenvalue weighted by atomic mass is 10.5. The summed E-state index contributed by atoms with van der Waals surface area (Å²) >= 11 is 0. The molecule has 0 aliphatic rings. The number of hydrogen-bond donors (Lipinski definition) is 0. The molecule has 0 aromatic carbocycles. The first-order valence-corrected chi connectivity index (χ1v) is 4.59. The fourth-order valence-corrected chi connectivity index (χ4v) is 1.19. The summed E-state index contributed by atoms with van der Waals surface area (Å²) in [6.45, 7) is 4.52. The molecule has 2 heterocycles. The topological polar surface area (TPSA) is 56.7 Å². The van der Waals surface area contributed by atoms with Crippen molar-refractivity contribution < 1.29 is 4.42 Å². The molecule has 0 radical (unpaired) electrons. The molecule has 5 nitrogen and oxygen atoms in total. The van der Waals surface area contributed by atoms with E-state index in [0.717, 1.165) is 12.1 Å². The molecular weight excluding hydrogens is 180 g/mol. The molecule has 0 unspecified atom stereocenters. The van der Waals surface area contributed by atoms with Crippen molar-refractivity contribution in [3.63, 3.8) is 0 Å². The molecule has 0 bridgehead atoms. The Bertz CT molecular complexity index is 418. The summed E-state index contributed by atoms with van der Waals surface area (Å²) in [4.78, 5) is 0. The van der Waals surface area contributed by atoms with Gasteiger partial charge in [0, 0.05) is 18.3 Å². The van der Waals surface area contributed by atoms with E-state index in [1.165, 1.54) is 0 Å². The molecule has 0 atom stereocenters. The third-order valence-electron chi connectivity index (χ3n) is 2.03. The van der Waals surface area contributed by atoms with Crippen LogP contribution in [0.1, 0.15) is 24.4 Å². The zero-order chi connectivity index (χ0) is 9.97. The van der Waals surface area contributed by atoms with E-state index in [-0.39, 0.29) is 0 Å². The summed E-state index contributed by atoms with van der Waals surface area (Å²) < 4.78 is 7.20. The summed E-state index contributed by atoms with van der Waals surface area (Å²) in [5, 5.41) is 11.9. The molecule has 0 saturated carbocycles. The quantitative estimate of drug-likeness (QED) is 0.732. The molecule has 0 amide bonds. The highest BCUT2D eigenvalue weighted by molar-refractivity contribution is 4.98. The molecule has 2 aromatic rings. The van der Waals surface area contributed by atoms with Crippen LogP contribution in [0.15, 0.2) is 16.7 Å². The molecule has 0 saturated heterocycles. The molecular formula is C9H12N4O. The van der Waals surface area contributed by atoms with Crippen LogP contribution in [-0.2, 0) is 13.0 Å². The van der Waals surface area contributed by atoms with Crippen molar-refractivity contribution in [2.24, 2.45) is 0 Å². The Kier molecular flexibility index (Phi) is 2.30. The van der Waals surface area contributed by atoms with Crippen molar-refractivity contribution in [3.05, 3.63) is 29.7 Å². The third-order valence-corrected chi connectivity index (χ3v) is 2.03. The van der Waals surface area contributed by atoms with E-state index in [4.69, 9.17) is 4.42 Å². The van der Waals surface area contributed by atoms with Crippen LogP contribution in [0.4, 0.5) is 0 Å².